The summed E-state index contributed by atoms with van der Waals surface area (Å²) in [5.74, 6) is 0. The smallest absolute Gasteiger partial charge is 0.0530 e. The summed E-state index contributed by atoms with van der Waals surface area (Å²) in [5, 5.41) is 2.79. The van der Waals surface area contributed by atoms with E-state index >= 15 is 0 Å². The molecule has 0 radical (unpaired) electrons. The largest absolute Gasteiger partial charge is 0.122 e. The number of thioether (sulfide) groups is 1. The number of fused-ring (bicyclic) bond motifs is 2. The highest BCUT2D eigenvalue weighted by Crippen LogP contribution is 2.47. The molecular formula is C20H20S. The minimum absolute atomic E-state index is 0.547. The average molecular weight is 292 g/mol. The zero-order valence-electron chi connectivity index (χ0n) is 12.6. The van der Waals surface area contributed by atoms with Gasteiger partial charge in [-0.3, -0.25) is 0 Å². The standard InChI is InChI=1S/C20H20S/c1-13-11-18-14(2)17-9-10-21-20(17)12-19(18)16(13)8-7-15-5-3-4-6-15/h3-5,9-12,20H,6-8H2,1-2H3. The predicted molar refractivity (Wildman–Crippen MR) is 93.2 cm³/mol. The molecule has 0 bridgehead atoms. The summed E-state index contributed by atoms with van der Waals surface area (Å²) < 4.78 is 0. The van der Waals surface area contributed by atoms with E-state index in [4.69, 9.17) is 0 Å². The summed E-state index contributed by atoms with van der Waals surface area (Å²) >= 11 is 1.94. The van der Waals surface area contributed by atoms with Gasteiger partial charge in [-0.05, 0) is 72.0 Å². The molecule has 1 heteroatoms. The molecule has 106 valence electrons. The summed E-state index contributed by atoms with van der Waals surface area (Å²) in [6.07, 6.45) is 17.4. The third kappa shape index (κ3) is 2.15. The number of hydrogen-bond donors (Lipinski definition) is 0. The molecule has 0 nitrogen and oxygen atoms in total. The lowest BCUT2D eigenvalue weighted by Crippen LogP contribution is -2.09. The van der Waals surface area contributed by atoms with Gasteiger partial charge in [0.2, 0.25) is 0 Å². The second-order valence-electron chi connectivity index (χ2n) is 6.20. The van der Waals surface area contributed by atoms with Crippen LogP contribution in [0.5, 0.6) is 0 Å². The van der Waals surface area contributed by atoms with Crippen LogP contribution < -0.4 is 0 Å². The SMILES string of the molecule is CC1=C(CCC2=CC=CC2)C2=CC3SC=CC3=C(C)C2=C1. The molecule has 0 spiro atoms. The van der Waals surface area contributed by atoms with Crippen molar-refractivity contribution in [3.8, 4) is 0 Å². The van der Waals surface area contributed by atoms with Gasteiger partial charge in [0.1, 0.15) is 0 Å². The van der Waals surface area contributed by atoms with Crippen LogP contribution in [0.15, 0.2) is 80.9 Å². The van der Waals surface area contributed by atoms with Crippen LogP contribution in [-0.2, 0) is 0 Å². The topological polar surface area (TPSA) is 0 Å². The molecule has 1 heterocycles. The van der Waals surface area contributed by atoms with E-state index in [0.29, 0.717) is 5.25 Å². The Morgan fingerprint density at radius 2 is 2.10 bits per heavy atom. The fourth-order valence-corrected chi connectivity index (χ4v) is 4.70. The Morgan fingerprint density at radius 1 is 1.19 bits per heavy atom. The van der Waals surface area contributed by atoms with Gasteiger partial charge in [0, 0.05) is 0 Å². The van der Waals surface area contributed by atoms with Crippen LogP contribution in [0.2, 0.25) is 0 Å². The summed E-state index contributed by atoms with van der Waals surface area (Å²) in [5.41, 5.74) is 10.6. The van der Waals surface area contributed by atoms with Gasteiger partial charge in [0.25, 0.3) is 0 Å². The van der Waals surface area contributed by atoms with Crippen LogP contribution in [-0.4, -0.2) is 5.25 Å². The first-order chi connectivity index (χ1) is 10.2. The van der Waals surface area contributed by atoms with Crippen LogP contribution in [0, 0.1) is 0 Å². The Morgan fingerprint density at radius 3 is 2.90 bits per heavy atom. The maximum atomic E-state index is 2.49. The Hall–Kier alpha value is -1.47. The highest BCUT2D eigenvalue weighted by Gasteiger charge is 2.30. The van der Waals surface area contributed by atoms with E-state index in [1.165, 1.54) is 40.7 Å². The molecule has 21 heavy (non-hydrogen) atoms. The molecule has 4 rings (SSSR count). The predicted octanol–water partition coefficient (Wildman–Crippen LogP) is 5.80. The highest BCUT2D eigenvalue weighted by atomic mass is 32.2. The molecule has 1 unspecified atom stereocenters. The van der Waals surface area contributed by atoms with Crippen molar-refractivity contribution in [3.05, 3.63) is 80.9 Å². The van der Waals surface area contributed by atoms with E-state index in [-0.39, 0.29) is 0 Å². The number of rotatable bonds is 3. The third-order valence-corrected chi connectivity index (χ3v) is 5.91. The lowest BCUT2D eigenvalue weighted by atomic mass is 9.85. The van der Waals surface area contributed by atoms with Gasteiger partial charge in [0.05, 0.1) is 5.25 Å². The van der Waals surface area contributed by atoms with Crippen molar-refractivity contribution in [2.24, 2.45) is 0 Å². The van der Waals surface area contributed by atoms with Gasteiger partial charge in [-0.25, -0.2) is 0 Å². The molecular weight excluding hydrogens is 272 g/mol. The maximum Gasteiger partial charge on any atom is 0.0530 e. The molecule has 0 aromatic rings. The van der Waals surface area contributed by atoms with E-state index in [1.54, 1.807) is 11.1 Å². The Labute approximate surface area is 131 Å². The molecule has 0 saturated heterocycles. The molecule has 0 amide bonds. The van der Waals surface area contributed by atoms with Crippen LogP contribution >= 0.6 is 11.8 Å². The minimum Gasteiger partial charge on any atom is -0.122 e. The molecule has 0 saturated carbocycles. The minimum atomic E-state index is 0.547. The quantitative estimate of drug-likeness (QED) is 0.634. The molecule has 3 aliphatic carbocycles. The van der Waals surface area contributed by atoms with Crippen molar-refractivity contribution in [2.45, 2.75) is 38.4 Å². The van der Waals surface area contributed by atoms with Crippen molar-refractivity contribution < 1.29 is 0 Å². The molecule has 0 aromatic heterocycles. The normalized spacial score (nSPS) is 26.2. The van der Waals surface area contributed by atoms with E-state index in [9.17, 15) is 0 Å². The lowest BCUT2D eigenvalue weighted by Gasteiger charge is -2.22. The van der Waals surface area contributed by atoms with Crippen molar-refractivity contribution >= 4 is 11.8 Å². The van der Waals surface area contributed by atoms with Crippen molar-refractivity contribution in [3.63, 3.8) is 0 Å². The Balaban J connectivity index is 1.59. The zero-order chi connectivity index (χ0) is 14.4. The number of hydrogen-bond acceptors (Lipinski definition) is 1. The summed E-state index contributed by atoms with van der Waals surface area (Å²) in [6.45, 7) is 4.57. The summed E-state index contributed by atoms with van der Waals surface area (Å²) in [7, 11) is 0. The van der Waals surface area contributed by atoms with Crippen molar-refractivity contribution in [1.29, 1.82) is 0 Å². The molecule has 0 fully saturated rings. The first-order valence-corrected chi connectivity index (χ1v) is 8.70. The highest BCUT2D eigenvalue weighted by molar-refractivity contribution is 8.03. The molecule has 0 N–H and O–H groups in total. The van der Waals surface area contributed by atoms with Crippen molar-refractivity contribution in [2.75, 3.05) is 0 Å². The van der Waals surface area contributed by atoms with E-state index in [1.807, 2.05) is 11.8 Å². The second kappa shape index (κ2) is 5.06. The maximum absolute atomic E-state index is 2.49. The van der Waals surface area contributed by atoms with E-state index in [2.05, 4.69) is 55.7 Å². The van der Waals surface area contributed by atoms with E-state index < -0.39 is 0 Å². The molecule has 1 aliphatic heterocycles. The Bertz CT molecular complexity index is 717. The van der Waals surface area contributed by atoms with Gasteiger partial charge in [0.15, 0.2) is 0 Å². The zero-order valence-corrected chi connectivity index (χ0v) is 13.5. The van der Waals surface area contributed by atoms with Crippen LogP contribution in [0.25, 0.3) is 0 Å². The van der Waals surface area contributed by atoms with Crippen LogP contribution in [0.1, 0.15) is 33.1 Å². The third-order valence-electron chi connectivity index (χ3n) is 4.93. The van der Waals surface area contributed by atoms with Crippen LogP contribution in [0.3, 0.4) is 0 Å². The molecule has 4 aliphatic rings. The molecule has 1 atom stereocenters. The average Bonchev–Trinajstić information content (AvgIpc) is 3.17. The summed E-state index contributed by atoms with van der Waals surface area (Å²) in [4.78, 5) is 0. The lowest BCUT2D eigenvalue weighted by molar-refractivity contribution is 0.907. The van der Waals surface area contributed by atoms with Gasteiger partial charge in [-0.15, -0.1) is 11.8 Å². The van der Waals surface area contributed by atoms with Gasteiger partial charge in [-0.1, -0.05) is 42.0 Å². The Kier molecular flexibility index (Phi) is 3.19. The van der Waals surface area contributed by atoms with Gasteiger partial charge in [-0.2, -0.15) is 0 Å². The summed E-state index contributed by atoms with van der Waals surface area (Å²) in [6, 6.07) is 0. The van der Waals surface area contributed by atoms with E-state index in [0.717, 1.165) is 6.42 Å². The monoisotopic (exact) mass is 292 g/mol. The van der Waals surface area contributed by atoms with Gasteiger partial charge >= 0.3 is 0 Å². The van der Waals surface area contributed by atoms with Crippen molar-refractivity contribution in [1.82, 2.24) is 0 Å². The second-order valence-corrected chi connectivity index (χ2v) is 7.25. The fraction of sp³-hybridized carbons (Fsp3) is 0.300. The van der Waals surface area contributed by atoms with Gasteiger partial charge < -0.3 is 0 Å². The molecule has 0 aromatic carbocycles. The van der Waals surface area contributed by atoms with Crippen LogP contribution in [0.4, 0.5) is 0 Å². The first-order valence-electron chi connectivity index (χ1n) is 7.76. The fourth-order valence-electron chi connectivity index (χ4n) is 3.69. The number of allylic oxidation sites excluding steroid dienone is 11. The first kappa shape index (κ1) is 13.2.